The van der Waals surface area contributed by atoms with Crippen LogP contribution >= 0.6 is 11.3 Å². The third-order valence-electron chi connectivity index (χ3n) is 2.99. The summed E-state index contributed by atoms with van der Waals surface area (Å²) in [4.78, 5) is 27.8. The number of aromatic nitrogens is 1. The molecule has 0 aliphatic heterocycles. The zero-order valence-corrected chi connectivity index (χ0v) is 13.0. The van der Waals surface area contributed by atoms with Crippen molar-refractivity contribution in [1.29, 1.82) is 0 Å². The van der Waals surface area contributed by atoms with Gasteiger partial charge in [0.05, 0.1) is 6.04 Å². The van der Waals surface area contributed by atoms with E-state index < -0.39 is 0 Å². The molecule has 0 aliphatic carbocycles. The molecule has 2 N–H and O–H groups in total. The largest absolute Gasteiger partial charge is 0.350 e. The first kappa shape index (κ1) is 16.1. The van der Waals surface area contributed by atoms with Crippen LogP contribution in [0, 0.1) is 5.82 Å². The SMILES string of the molecule is CCNC(=O)c1nc(C(=O)N[C@@H](C)c2ccc(F)cc2)cs1. The van der Waals surface area contributed by atoms with Gasteiger partial charge in [-0.05, 0) is 31.5 Å². The van der Waals surface area contributed by atoms with Crippen molar-refractivity contribution in [2.24, 2.45) is 0 Å². The predicted molar refractivity (Wildman–Crippen MR) is 82.4 cm³/mol. The Hall–Kier alpha value is -2.28. The third-order valence-corrected chi connectivity index (χ3v) is 3.83. The van der Waals surface area contributed by atoms with Crippen LogP contribution in [0.15, 0.2) is 29.6 Å². The number of hydrogen-bond acceptors (Lipinski definition) is 4. The molecule has 1 heterocycles. The zero-order chi connectivity index (χ0) is 16.1. The highest BCUT2D eigenvalue weighted by Crippen LogP contribution is 2.15. The maximum Gasteiger partial charge on any atom is 0.280 e. The van der Waals surface area contributed by atoms with Crippen LogP contribution in [0.5, 0.6) is 0 Å². The van der Waals surface area contributed by atoms with E-state index in [-0.39, 0.29) is 34.4 Å². The van der Waals surface area contributed by atoms with Crippen LogP contribution in [0.25, 0.3) is 0 Å². The summed E-state index contributed by atoms with van der Waals surface area (Å²) in [6, 6.07) is 5.62. The molecule has 0 saturated carbocycles. The average Bonchev–Trinajstić information content (AvgIpc) is 2.98. The second-order valence-corrected chi connectivity index (χ2v) is 5.50. The lowest BCUT2D eigenvalue weighted by atomic mass is 10.1. The van der Waals surface area contributed by atoms with E-state index in [1.54, 1.807) is 19.1 Å². The number of nitrogens with one attached hydrogen (secondary N) is 2. The minimum atomic E-state index is -0.372. The van der Waals surface area contributed by atoms with Crippen molar-refractivity contribution in [3.05, 3.63) is 51.7 Å². The normalized spacial score (nSPS) is 11.8. The number of rotatable bonds is 5. The number of benzene rings is 1. The summed E-state index contributed by atoms with van der Waals surface area (Å²) in [7, 11) is 0. The summed E-state index contributed by atoms with van der Waals surface area (Å²) in [6.45, 7) is 4.10. The molecule has 0 radical (unpaired) electrons. The quantitative estimate of drug-likeness (QED) is 0.889. The predicted octanol–water partition coefficient (Wildman–Crippen LogP) is 2.52. The first-order valence-electron chi connectivity index (χ1n) is 6.81. The molecular weight excluding hydrogens is 305 g/mol. The highest BCUT2D eigenvalue weighted by molar-refractivity contribution is 7.11. The summed E-state index contributed by atoms with van der Waals surface area (Å²) in [5.74, 6) is -0.991. The van der Waals surface area contributed by atoms with Gasteiger partial charge in [-0.2, -0.15) is 0 Å². The highest BCUT2D eigenvalue weighted by atomic mass is 32.1. The monoisotopic (exact) mass is 321 g/mol. The van der Waals surface area contributed by atoms with Crippen LogP contribution in [0.2, 0.25) is 0 Å². The van der Waals surface area contributed by atoms with Crippen molar-refractivity contribution in [1.82, 2.24) is 15.6 Å². The van der Waals surface area contributed by atoms with E-state index in [1.807, 2.05) is 6.92 Å². The van der Waals surface area contributed by atoms with E-state index in [4.69, 9.17) is 0 Å². The summed E-state index contributed by atoms with van der Waals surface area (Å²) in [5.41, 5.74) is 0.981. The van der Waals surface area contributed by atoms with Crippen molar-refractivity contribution in [2.45, 2.75) is 19.9 Å². The number of carbonyl (C=O) groups is 2. The molecule has 2 aromatic rings. The van der Waals surface area contributed by atoms with Crippen LogP contribution in [0.3, 0.4) is 0 Å². The summed E-state index contributed by atoms with van der Waals surface area (Å²) < 4.78 is 12.9. The Bertz CT molecular complexity index is 670. The minimum absolute atomic E-state index is 0.195. The molecule has 5 nitrogen and oxygen atoms in total. The van der Waals surface area contributed by atoms with E-state index >= 15 is 0 Å². The maximum absolute atomic E-state index is 12.9. The molecule has 1 atom stereocenters. The molecule has 0 unspecified atom stereocenters. The molecule has 7 heteroatoms. The standard InChI is InChI=1S/C15H16FN3O2S/c1-3-17-14(21)15-19-12(8-22-15)13(20)18-9(2)10-4-6-11(16)7-5-10/h4-9H,3H2,1-2H3,(H,17,21)(H,18,20)/t9-/m0/s1. The van der Waals surface area contributed by atoms with Gasteiger partial charge in [-0.15, -0.1) is 11.3 Å². The van der Waals surface area contributed by atoms with E-state index in [0.717, 1.165) is 16.9 Å². The molecular formula is C15H16FN3O2S. The maximum atomic E-state index is 12.9. The topological polar surface area (TPSA) is 71.1 Å². The van der Waals surface area contributed by atoms with Crippen molar-refractivity contribution < 1.29 is 14.0 Å². The van der Waals surface area contributed by atoms with Crippen molar-refractivity contribution >= 4 is 23.2 Å². The van der Waals surface area contributed by atoms with Crippen LogP contribution < -0.4 is 10.6 Å². The fourth-order valence-electron chi connectivity index (χ4n) is 1.82. The van der Waals surface area contributed by atoms with E-state index in [0.29, 0.717) is 6.54 Å². The molecule has 2 rings (SSSR count). The number of nitrogens with zero attached hydrogens (tertiary/aromatic N) is 1. The van der Waals surface area contributed by atoms with Gasteiger partial charge in [0.1, 0.15) is 11.5 Å². The summed E-state index contributed by atoms with van der Waals surface area (Å²) in [5, 5.41) is 7.19. The van der Waals surface area contributed by atoms with Gasteiger partial charge < -0.3 is 10.6 Å². The molecule has 0 saturated heterocycles. The summed E-state index contributed by atoms with van der Waals surface area (Å²) >= 11 is 1.12. The first-order chi connectivity index (χ1) is 10.5. The van der Waals surface area contributed by atoms with Gasteiger partial charge in [0, 0.05) is 11.9 Å². The Morgan fingerprint density at radius 1 is 1.27 bits per heavy atom. The molecule has 0 aliphatic rings. The van der Waals surface area contributed by atoms with E-state index in [9.17, 15) is 14.0 Å². The fourth-order valence-corrected chi connectivity index (χ4v) is 2.54. The first-order valence-corrected chi connectivity index (χ1v) is 7.69. The minimum Gasteiger partial charge on any atom is -0.350 e. The third kappa shape index (κ3) is 3.88. The van der Waals surface area contributed by atoms with Gasteiger partial charge in [-0.3, -0.25) is 9.59 Å². The van der Waals surface area contributed by atoms with Crippen molar-refractivity contribution in [2.75, 3.05) is 6.54 Å². The number of hydrogen-bond donors (Lipinski definition) is 2. The second kappa shape index (κ2) is 7.13. The number of carbonyl (C=O) groups excluding carboxylic acids is 2. The molecule has 1 aromatic heterocycles. The van der Waals surface area contributed by atoms with Gasteiger partial charge in [0.15, 0.2) is 5.01 Å². The molecule has 2 amide bonds. The van der Waals surface area contributed by atoms with E-state index in [1.165, 1.54) is 17.5 Å². The van der Waals surface area contributed by atoms with Crippen molar-refractivity contribution in [3.8, 4) is 0 Å². The lowest BCUT2D eigenvalue weighted by molar-refractivity contribution is 0.0935. The second-order valence-electron chi connectivity index (χ2n) is 4.64. The smallest absolute Gasteiger partial charge is 0.280 e. The van der Waals surface area contributed by atoms with Gasteiger partial charge in [-0.25, -0.2) is 9.37 Å². The van der Waals surface area contributed by atoms with Gasteiger partial charge >= 0.3 is 0 Å². The molecule has 0 fully saturated rings. The van der Waals surface area contributed by atoms with Crippen molar-refractivity contribution in [3.63, 3.8) is 0 Å². The van der Waals surface area contributed by atoms with Crippen LogP contribution in [-0.4, -0.2) is 23.3 Å². The lowest BCUT2D eigenvalue weighted by Crippen LogP contribution is -2.27. The van der Waals surface area contributed by atoms with Crippen LogP contribution in [0.1, 0.15) is 45.7 Å². The number of thiazole rings is 1. The molecule has 0 bridgehead atoms. The Morgan fingerprint density at radius 3 is 2.59 bits per heavy atom. The summed E-state index contributed by atoms with van der Waals surface area (Å²) in [6.07, 6.45) is 0. The van der Waals surface area contributed by atoms with E-state index in [2.05, 4.69) is 15.6 Å². The van der Waals surface area contributed by atoms with Gasteiger partial charge in [0.25, 0.3) is 11.8 Å². The lowest BCUT2D eigenvalue weighted by Gasteiger charge is -2.13. The molecule has 1 aromatic carbocycles. The Morgan fingerprint density at radius 2 is 1.95 bits per heavy atom. The number of amides is 2. The van der Waals surface area contributed by atoms with Gasteiger partial charge in [0.2, 0.25) is 0 Å². The van der Waals surface area contributed by atoms with Crippen LogP contribution in [0.4, 0.5) is 4.39 Å². The number of halogens is 1. The molecule has 0 spiro atoms. The molecule has 116 valence electrons. The molecule has 22 heavy (non-hydrogen) atoms. The Labute approximate surface area is 131 Å². The highest BCUT2D eigenvalue weighted by Gasteiger charge is 2.17. The zero-order valence-electron chi connectivity index (χ0n) is 12.2. The van der Waals surface area contributed by atoms with Crippen LogP contribution in [-0.2, 0) is 0 Å². The Balaban J connectivity index is 2.02. The van der Waals surface area contributed by atoms with Gasteiger partial charge in [-0.1, -0.05) is 12.1 Å². The fraction of sp³-hybridized carbons (Fsp3) is 0.267. The average molecular weight is 321 g/mol. The Kier molecular flexibility index (Phi) is 5.21.